The van der Waals surface area contributed by atoms with Gasteiger partial charge in [-0.25, -0.2) is 8.42 Å². The number of nitrogens with one attached hydrogen (secondary N) is 1. The molecule has 1 aliphatic heterocycles. The molecule has 0 spiro atoms. The molecule has 1 aromatic carbocycles. The van der Waals surface area contributed by atoms with Crippen LogP contribution in [0.4, 0.5) is 5.69 Å². The van der Waals surface area contributed by atoms with E-state index in [0.29, 0.717) is 17.5 Å². The molecule has 0 bridgehead atoms. The molecular formula is C22H29N3O3S. The summed E-state index contributed by atoms with van der Waals surface area (Å²) in [6.07, 6.45) is 6.05. The molecule has 7 heteroatoms. The highest BCUT2D eigenvalue weighted by atomic mass is 32.2. The lowest BCUT2D eigenvalue weighted by molar-refractivity contribution is 0.0355. The highest BCUT2D eigenvalue weighted by Crippen LogP contribution is 2.45. The summed E-state index contributed by atoms with van der Waals surface area (Å²) in [5.74, 6) is 1.14. The Bertz CT molecular complexity index is 918. The molecule has 1 aromatic heterocycles. The third-order valence-electron chi connectivity index (χ3n) is 6.12. The average molecular weight is 416 g/mol. The van der Waals surface area contributed by atoms with Crippen molar-refractivity contribution in [3.63, 3.8) is 0 Å². The molecule has 6 nitrogen and oxygen atoms in total. The largest absolute Gasteiger partial charge is 0.390 e. The third kappa shape index (κ3) is 5.35. The molecule has 1 saturated carbocycles. The van der Waals surface area contributed by atoms with Crippen LogP contribution in [0.25, 0.3) is 0 Å². The Morgan fingerprint density at radius 3 is 2.41 bits per heavy atom. The smallest absolute Gasteiger partial charge is 0.229 e. The van der Waals surface area contributed by atoms with Gasteiger partial charge in [-0.15, -0.1) is 0 Å². The molecule has 29 heavy (non-hydrogen) atoms. The number of hydrogen-bond acceptors (Lipinski definition) is 5. The number of hydrogen-bond donors (Lipinski definition) is 2. The standard InChI is InChI=1S/C22H29N3O3S/c1-29(27,28)24-21-8-7-20(23-14-21)9-10-25-15-18-12-22(26,13-19(18)16-25)11-17-5-3-2-4-6-17/h2-8,14,18-19,24,26H,9-13,15-16H2,1H3/t18-,19+,22?. The number of aliphatic hydroxyl groups is 1. The first kappa shape index (κ1) is 20.3. The molecule has 156 valence electrons. The SMILES string of the molecule is CS(=O)(=O)Nc1ccc(CCN2C[C@@H]3CC(O)(Cc4ccccc4)C[C@@H]3C2)nc1. The zero-order chi connectivity index (χ0) is 20.5. The van der Waals surface area contributed by atoms with Gasteiger partial charge in [0.2, 0.25) is 10.0 Å². The fraction of sp³-hybridized carbons (Fsp3) is 0.500. The average Bonchev–Trinajstić information content (AvgIpc) is 3.15. The first-order valence-electron chi connectivity index (χ1n) is 10.2. The van der Waals surface area contributed by atoms with Crippen molar-refractivity contribution in [3.8, 4) is 0 Å². The van der Waals surface area contributed by atoms with Gasteiger partial charge in [-0.1, -0.05) is 30.3 Å². The van der Waals surface area contributed by atoms with Crippen LogP contribution < -0.4 is 4.72 Å². The predicted octanol–water partition coefficient (Wildman–Crippen LogP) is 2.31. The topological polar surface area (TPSA) is 82.5 Å². The summed E-state index contributed by atoms with van der Waals surface area (Å²) < 4.78 is 25.0. The number of fused-ring (bicyclic) bond motifs is 1. The van der Waals surface area contributed by atoms with E-state index < -0.39 is 15.6 Å². The second-order valence-electron chi connectivity index (χ2n) is 8.74. The second-order valence-corrected chi connectivity index (χ2v) is 10.5. The van der Waals surface area contributed by atoms with E-state index in [9.17, 15) is 13.5 Å². The third-order valence-corrected chi connectivity index (χ3v) is 6.73. The Kier molecular flexibility index (Phi) is 5.64. The van der Waals surface area contributed by atoms with Crippen molar-refractivity contribution >= 4 is 15.7 Å². The van der Waals surface area contributed by atoms with E-state index in [2.05, 4.69) is 26.7 Å². The van der Waals surface area contributed by atoms with E-state index in [1.165, 1.54) is 5.56 Å². The summed E-state index contributed by atoms with van der Waals surface area (Å²) >= 11 is 0. The number of sulfonamides is 1. The summed E-state index contributed by atoms with van der Waals surface area (Å²) in [6.45, 7) is 3.01. The van der Waals surface area contributed by atoms with Gasteiger partial charge in [-0.3, -0.25) is 9.71 Å². The summed E-state index contributed by atoms with van der Waals surface area (Å²) in [5.41, 5.74) is 2.10. The number of nitrogens with zero attached hydrogens (tertiary/aromatic N) is 2. The maximum atomic E-state index is 11.3. The van der Waals surface area contributed by atoms with Crippen molar-refractivity contribution in [1.82, 2.24) is 9.88 Å². The Morgan fingerprint density at radius 1 is 1.14 bits per heavy atom. The summed E-state index contributed by atoms with van der Waals surface area (Å²) in [4.78, 5) is 6.85. The van der Waals surface area contributed by atoms with Crippen LogP contribution in [-0.4, -0.2) is 54.9 Å². The molecule has 1 unspecified atom stereocenters. The van der Waals surface area contributed by atoms with Crippen LogP contribution in [0.3, 0.4) is 0 Å². The van der Waals surface area contributed by atoms with Gasteiger partial charge in [-0.05, 0) is 42.4 Å². The molecule has 1 saturated heterocycles. The Hall–Kier alpha value is -1.96. The van der Waals surface area contributed by atoms with Crippen molar-refractivity contribution in [3.05, 3.63) is 59.9 Å². The number of pyridine rings is 1. The molecule has 2 fully saturated rings. The lowest BCUT2D eigenvalue weighted by Gasteiger charge is -2.26. The number of aromatic nitrogens is 1. The number of likely N-dealkylation sites (tertiary alicyclic amines) is 1. The van der Waals surface area contributed by atoms with E-state index >= 15 is 0 Å². The molecular weight excluding hydrogens is 386 g/mol. The van der Waals surface area contributed by atoms with Gasteiger partial charge in [0.15, 0.2) is 0 Å². The fourth-order valence-corrected chi connectivity index (χ4v) is 5.53. The second kappa shape index (κ2) is 8.05. The Balaban J connectivity index is 1.26. The van der Waals surface area contributed by atoms with Gasteiger partial charge in [0.25, 0.3) is 0 Å². The Labute approximate surface area is 173 Å². The monoisotopic (exact) mass is 415 g/mol. The van der Waals surface area contributed by atoms with Gasteiger partial charge in [0.1, 0.15) is 0 Å². The van der Waals surface area contributed by atoms with Crippen LogP contribution in [-0.2, 0) is 22.9 Å². The van der Waals surface area contributed by atoms with Crippen molar-refractivity contribution in [1.29, 1.82) is 0 Å². The van der Waals surface area contributed by atoms with Crippen LogP contribution in [0, 0.1) is 11.8 Å². The first-order chi connectivity index (χ1) is 13.8. The van der Waals surface area contributed by atoms with E-state index in [0.717, 1.165) is 57.3 Å². The number of anilines is 1. The Morgan fingerprint density at radius 2 is 1.83 bits per heavy atom. The minimum Gasteiger partial charge on any atom is -0.390 e. The first-order valence-corrected chi connectivity index (χ1v) is 12.1. The van der Waals surface area contributed by atoms with Crippen molar-refractivity contribution in [2.75, 3.05) is 30.6 Å². The number of rotatable bonds is 7. The molecule has 0 amide bonds. The van der Waals surface area contributed by atoms with Gasteiger partial charge in [-0.2, -0.15) is 0 Å². The molecule has 2 heterocycles. The van der Waals surface area contributed by atoms with Crippen LogP contribution >= 0.6 is 0 Å². The van der Waals surface area contributed by atoms with Crippen molar-refractivity contribution in [2.24, 2.45) is 11.8 Å². The predicted molar refractivity (Wildman–Crippen MR) is 114 cm³/mol. The zero-order valence-corrected chi connectivity index (χ0v) is 17.6. The number of benzene rings is 1. The van der Waals surface area contributed by atoms with Crippen LogP contribution in [0.15, 0.2) is 48.7 Å². The normalized spacial score (nSPS) is 27.1. The lowest BCUT2D eigenvalue weighted by atomic mass is 9.91. The molecule has 2 aliphatic rings. The lowest BCUT2D eigenvalue weighted by Crippen LogP contribution is -2.32. The van der Waals surface area contributed by atoms with Crippen LogP contribution in [0.2, 0.25) is 0 Å². The van der Waals surface area contributed by atoms with E-state index in [4.69, 9.17) is 0 Å². The molecule has 0 radical (unpaired) electrons. The maximum absolute atomic E-state index is 11.3. The van der Waals surface area contributed by atoms with Crippen molar-refractivity contribution < 1.29 is 13.5 Å². The van der Waals surface area contributed by atoms with Crippen LogP contribution in [0.1, 0.15) is 24.1 Å². The minimum atomic E-state index is -3.27. The van der Waals surface area contributed by atoms with Crippen LogP contribution in [0.5, 0.6) is 0 Å². The van der Waals surface area contributed by atoms with E-state index in [-0.39, 0.29) is 0 Å². The van der Waals surface area contributed by atoms with Gasteiger partial charge in [0, 0.05) is 38.2 Å². The van der Waals surface area contributed by atoms with E-state index in [1.54, 1.807) is 12.3 Å². The molecule has 3 atom stereocenters. The minimum absolute atomic E-state index is 0.490. The highest BCUT2D eigenvalue weighted by Gasteiger charge is 2.47. The summed E-state index contributed by atoms with van der Waals surface area (Å²) in [6, 6.07) is 13.9. The maximum Gasteiger partial charge on any atom is 0.229 e. The van der Waals surface area contributed by atoms with Gasteiger partial charge < -0.3 is 10.0 Å². The molecule has 1 aliphatic carbocycles. The van der Waals surface area contributed by atoms with E-state index in [1.807, 2.05) is 24.3 Å². The van der Waals surface area contributed by atoms with Gasteiger partial charge >= 0.3 is 0 Å². The summed E-state index contributed by atoms with van der Waals surface area (Å²) in [7, 11) is -3.27. The molecule has 4 rings (SSSR count). The fourth-order valence-electron chi connectivity index (χ4n) is 4.98. The quantitative estimate of drug-likeness (QED) is 0.725. The molecule has 2 N–H and O–H groups in total. The highest BCUT2D eigenvalue weighted by molar-refractivity contribution is 7.92. The van der Waals surface area contributed by atoms with Gasteiger partial charge in [0.05, 0.1) is 23.7 Å². The zero-order valence-electron chi connectivity index (χ0n) is 16.8. The summed E-state index contributed by atoms with van der Waals surface area (Å²) in [5, 5.41) is 11.1. The van der Waals surface area contributed by atoms with Crippen molar-refractivity contribution in [2.45, 2.75) is 31.3 Å². The molecule has 2 aromatic rings.